The molecule has 4 nitrogen and oxygen atoms in total. The Bertz CT molecular complexity index is 471. The fourth-order valence-electron chi connectivity index (χ4n) is 3.40. The van der Waals surface area contributed by atoms with E-state index >= 15 is 0 Å². The van der Waals surface area contributed by atoms with Crippen LogP contribution < -0.4 is 5.32 Å². The molecular weight excluding hydrogens is 274 g/mol. The van der Waals surface area contributed by atoms with Crippen LogP contribution in [0.3, 0.4) is 0 Å². The highest BCUT2D eigenvalue weighted by atomic mass is 16.5. The van der Waals surface area contributed by atoms with E-state index in [1.807, 2.05) is 0 Å². The summed E-state index contributed by atoms with van der Waals surface area (Å²) in [5, 5.41) is 3.41. The lowest BCUT2D eigenvalue weighted by atomic mass is 10.1. The fraction of sp³-hybridized carbons (Fsp3) is 0.667. The molecule has 0 bridgehead atoms. The number of morpholine rings is 1. The Kier molecular flexibility index (Phi) is 5.84. The molecule has 0 atom stereocenters. The number of hydrogen-bond donors (Lipinski definition) is 1. The minimum absolute atomic E-state index is 0.906. The monoisotopic (exact) mass is 303 g/mol. The Labute approximate surface area is 134 Å². The van der Waals surface area contributed by atoms with Crippen molar-refractivity contribution in [2.24, 2.45) is 0 Å². The Balaban J connectivity index is 1.43. The summed E-state index contributed by atoms with van der Waals surface area (Å²) in [5.41, 5.74) is 4.46. The predicted octanol–water partition coefficient (Wildman–Crippen LogP) is 1.83. The summed E-state index contributed by atoms with van der Waals surface area (Å²) < 4.78 is 5.40. The van der Waals surface area contributed by atoms with Crippen molar-refractivity contribution < 1.29 is 4.74 Å². The standard InChI is InChI=1S/C18H29N3O/c1-2-19-13-16-4-5-17-14-21(15-18(17)12-16)7-3-6-20-8-10-22-11-9-20/h4-5,12,19H,2-3,6-11,13-15H2,1H3. The van der Waals surface area contributed by atoms with E-state index in [9.17, 15) is 0 Å². The first kappa shape index (κ1) is 15.9. The van der Waals surface area contributed by atoms with Gasteiger partial charge in [0.05, 0.1) is 13.2 Å². The largest absolute Gasteiger partial charge is 0.379 e. The lowest BCUT2D eigenvalue weighted by Crippen LogP contribution is -2.37. The molecule has 2 aliphatic heterocycles. The zero-order valence-electron chi connectivity index (χ0n) is 13.8. The fourth-order valence-corrected chi connectivity index (χ4v) is 3.40. The first-order valence-corrected chi connectivity index (χ1v) is 8.69. The average Bonchev–Trinajstić information content (AvgIpc) is 2.96. The van der Waals surface area contributed by atoms with E-state index in [0.29, 0.717) is 0 Å². The number of benzene rings is 1. The first-order chi connectivity index (χ1) is 10.8. The number of ether oxygens (including phenoxy) is 1. The topological polar surface area (TPSA) is 27.7 Å². The van der Waals surface area contributed by atoms with Gasteiger partial charge in [-0.3, -0.25) is 9.80 Å². The molecule has 1 aromatic rings. The molecule has 0 aromatic heterocycles. The molecule has 1 fully saturated rings. The Morgan fingerprint density at radius 1 is 1.05 bits per heavy atom. The van der Waals surface area contributed by atoms with Crippen LogP contribution in [0, 0.1) is 0 Å². The normalized spacial score (nSPS) is 19.5. The molecule has 3 rings (SSSR count). The molecule has 1 aromatic carbocycles. The van der Waals surface area contributed by atoms with Crippen molar-refractivity contribution in [2.75, 3.05) is 45.9 Å². The molecule has 2 heterocycles. The van der Waals surface area contributed by atoms with Gasteiger partial charge in [0.15, 0.2) is 0 Å². The molecule has 4 heteroatoms. The van der Waals surface area contributed by atoms with Crippen molar-refractivity contribution in [3.8, 4) is 0 Å². The third-order valence-corrected chi connectivity index (χ3v) is 4.69. The number of nitrogens with zero attached hydrogens (tertiary/aromatic N) is 2. The van der Waals surface area contributed by atoms with Gasteiger partial charge in [0.2, 0.25) is 0 Å². The molecular formula is C18H29N3O. The maximum atomic E-state index is 5.40. The average molecular weight is 303 g/mol. The zero-order chi connectivity index (χ0) is 15.2. The van der Waals surface area contributed by atoms with Crippen LogP contribution >= 0.6 is 0 Å². The Morgan fingerprint density at radius 3 is 2.64 bits per heavy atom. The van der Waals surface area contributed by atoms with E-state index in [1.165, 1.54) is 36.2 Å². The molecule has 22 heavy (non-hydrogen) atoms. The van der Waals surface area contributed by atoms with Gasteiger partial charge >= 0.3 is 0 Å². The smallest absolute Gasteiger partial charge is 0.0594 e. The van der Waals surface area contributed by atoms with Crippen LogP contribution in [0.15, 0.2) is 18.2 Å². The first-order valence-electron chi connectivity index (χ1n) is 8.69. The summed E-state index contributed by atoms with van der Waals surface area (Å²) in [5.74, 6) is 0. The molecule has 1 N–H and O–H groups in total. The van der Waals surface area contributed by atoms with Gasteiger partial charge in [0.1, 0.15) is 0 Å². The van der Waals surface area contributed by atoms with Gasteiger partial charge in [-0.15, -0.1) is 0 Å². The zero-order valence-corrected chi connectivity index (χ0v) is 13.8. The van der Waals surface area contributed by atoms with E-state index in [-0.39, 0.29) is 0 Å². The van der Waals surface area contributed by atoms with Crippen LogP contribution in [0.2, 0.25) is 0 Å². The van der Waals surface area contributed by atoms with Gasteiger partial charge in [-0.25, -0.2) is 0 Å². The molecule has 0 aliphatic carbocycles. The van der Waals surface area contributed by atoms with Crippen molar-refractivity contribution in [1.82, 2.24) is 15.1 Å². The molecule has 1 saturated heterocycles. The van der Waals surface area contributed by atoms with Crippen LogP contribution in [-0.2, 0) is 24.4 Å². The van der Waals surface area contributed by atoms with E-state index in [0.717, 1.165) is 52.5 Å². The molecule has 0 amide bonds. The van der Waals surface area contributed by atoms with Gasteiger partial charge in [0, 0.05) is 39.3 Å². The molecule has 0 saturated carbocycles. The maximum Gasteiger partial charge on any atom is 0.0594 e. The van der Waals surface area contributed by atoms with Gasteiger partial charge in [-0.2, -0.15) is 0 Å². The Morgan fingerprint density at radius 2 is 1.82 bits per heavy atom. The summed E-state index contributed by atoms with van der Waals surface area (Å²) in [7, 11) is 0. The lowest BCUT2D eigenvalue weighted by Gasteiger charge is -2.27. The van der Waals surface area contributed by atoms with Crippen LogP contribution in [0.5, 0.6) is 0 Å². The van der Waals surface area contributed by atoms with E-state index in [4.69, 9.17) is 4.74 Å². The second-order valence-electron chi connectivity index (χ2n) is 6.40. The quantitative estimate of drug-likeness (QED) is 0.832. The molecule has 122 valence electrons. The third-order valence-electron chi connectivity index (χ3n) is 4.69. The lowest BCUT2D eigenvalue weighted by molar-refractivity contribution is 0.0360. The molecule has 0 unspecified atom stereocenters. The second-order valence-corrected chi connectivity index (χ2v) is 6.40. The second kappa shape index (κ2) is 8.06. The molecule has 0 radical (unpaired) electrons. The summed E-state index contributed by atoms with van der Waals surface area (Å²) in [4.78, 5) is 5.11. The van der Waals surface area contributed by atoms with Crippen molar-refractivity contribution in [3.05, 3.63) is 34.9 Å². The minimum Gasteiger partial charge on any atom is -0.379 e. The third kappa shape index (κ3) is 4.29. The number of hydrogen-bond acceptors (Lipinski definition) is 4. The van der Waals surface area contributed by atoms with Crippen molar-refractivity contribution in [2.45, 2.75) is 33.0 Å². The SMILES string of the molecule is CCNCc1ccc2c(c1)CN(CCCN1CCOCC1)C2. The number of rotatable bonds is 7. The van der Waals surface area contributed by atoms with Gasteiger partial charge in [0.25, 0.3) is 0 Å². The van der Waals surface area contributed by atoms with E-state index < -0.39 is 0 Å². The summed E-state index contributed by atoms with van der Waals surface area (Å²) >= 11 is 0. The van der Waals surface area contributed by atoms with Crippen LogP contribution in [0.1, 0.15) is 30.0 Å². The van der Waals surface area contributed by atoms with Crippen LogP contribution in [0.25, 0.3) is 0 Å². The number of fused-ring (bicyclic) bond motifs is 1. The molecule has 2 aliphatic rings. The highest BCUT2D eigenvalue weighted by molar-refractivity contribution is 5.34. The predicted molar refractivity (Wildman–Crippen MR) is 89.8 cm³/mol. The Hall–Kier alpha value is -0.940. The minimum atomic E-state index is 0.906. The van der Waals surface area contributed by atoms with Gasteiger partial charge in [-0.1, -0.05) is 25.1 Å². The van der Waals surface area contributed by atoms with Crippen LogP contribution in [0.4, 0.5) is 0 Å². The number of nitrogens with one attached hydrogen (secondary N) is 1. The van der Waals surface area contributed by atoms with E-state index in [1.54, 1.807) is 0 Å². The summed E-state index contributed by atoms with van der Waals surface area (Å²) in [6.07, 6.45) is 1.26. The highest BCUT2D eigenvalue weighted by Gasteiger charge is 2.19. The van der Waals surface area contributed by atoms with Gasteiger partial charge in [-0.05, 0) is 36.2 Å². The van der Waals surface area contributed by atoms with E-state index in [2.05, 4.69) is 40.2 Å². The summed E-state index contributed by atoms with van der Waals surface area (Å²) in [6, 6.07) is 6.99. The van der Waals surface area contributed by atoms with Crippen molar-refractivity contribution in [1.29, 1.82) is 0 Å². The van der Waals surface area contributed by atoms with Crippen LogP contribution in [-0.4, -0.2) is 55.7 Å². The summed E-state index contributed by atoms with van der Waals surface area (Å²) in [6.45, 7) is 12.9. The highest BCUT2D eigenvalue weighted by Crippen LogP contribution is 2.24. The van der Waals surface area contributed by atoms with Crippen molar-refractivity contribution >= 4 is 0 Å². The maximum absolute atomic E-state index is 5.40. The molecule has 0 spiro atoms. The van der Waals surface area contributed by atoms with Gasteiger partial charge < -0.3 is 10.1 Å². The van der Waals surface area contributed by atoms with Crippen molar-refractivity contribution in [3.63, 3.8) is 0 Å².